The van der Waals surface area contributed by atoms with E-state index in [4.69, 9.17) is 4.74 Å². The highest BCUT2D eigenvalue weighted by atomic mass is 16.5. The Bertz CT molecular complexity index is 667. The topological polar surface area (TPSA) is 80.3 Å². The van der Waals surface area contributed by atoms with Gasteiger partial charge in [0.1, 0.15) is 11.4 Å². The number of amides is 2. The molecule has 2 N–H and O–H groups in total. The van der Waals surface area contributed by atoms with Crippen LogP contribution in [0.1, 0.15) is 16.1 Å². The summed E-state index contributed by atoms with van der Waals surface area (Å²) < 4.78 is 5.04. The van der Waals surface area contributed by atoms with Gasteiger partial charge in [-0.15, -0.1) is 0 Å². The van der Waals surface area contributed by atoms with E-state index in [1.54, 1.807) is 43.5 Å². The highest BCUT2D eigenvalue weighted by Crippen LogP contribution is 2.12. The SMILES string of the molecule is COc1ccc(/C=C/C(=O)NNC(=O)c2ccccn2)cc1. The fraction of sp³-hybridized carbons (Fsp3) is 0.0625. The lowest BCUT2D eigenvalue weighted by atomic mass is 10.2. The summed E-state index contributed by atoms with van der Waals surface area (Å²) >= 11 is 0. The first-order valence-corrected chi connectivity index (χ1v) is 6.52. The number of hydrogen-bond donors (Lipinski definition) is 2. The monoisotopic (exact) mass is 297 g/mol. The second-order valence-electron chi connectivity index (χ2n) is 4.26. The number of rotatable bonds is 4. The quantitative estimate of drug-likeness (QED) is 0.663. The lowest BCUT2D eigenvalue weighted by Gasteiger charge is -2.04. The van der Waals surface area contributed by atoms with Crippen LogP contribution in [0.25, 0.3) is 6.08 Å². The molecular formula is C16H15N3O3. The van der Waals surface area contributed by atoms with E-state index in [9.17, 15) is 9.59 Å². The van der Waals surface area contributed by atoms with Crippen molar-refractivity contribution in [1.82, 2.24) is 15.8 Å². The van der Waals surface area contributed by atoms with Crippen LogP contribution in [-0.2, 0) is 4.79 Å². The molecule has 2 rings (SSSR count). The van der Waals surface area contributed by atoms with Crippen LogP contribution in [0.4, 0.5) is 0 Å². The third-order valence-electron chi connectivity index (χ3n) is 2.74. The summed E-state index contributed by atoms with van der Waals surface area (Å²) in [4.78, 5) is 27.2. The fourth-order valence-corrected chi connectivity index (χ4v) is 1.61. The largest absolute Gasteiger partial charge is 0.497 e. The average molecular weight is 297 g/mol. The van der Waals surface area contributed by atoms with Crippen LogP contribution in [0.2, 0.25) is 0 Å². The average Bonchev–Trinajstić information content (AvgIpc) is 2.59. The summed E-state index contributed by atoms with van der Waals surface area (Å²) in [5.74, 6) is -0.184. The third kappa shape index (κ3) is 4.45. The molecule has 0 saturated carbocycles. The van der Waals surface area contributed by atoms with Crippen LogP contribution in [0.15, 0.2) is 54.7 Å². The molecule has 1 aromatic carbocycles. The second-order valence-corrected chi connectivity index (χ2v) is 4.26. The van der Waals surface area contributed by atoms with E-state index in [0.29, 0.717) is 0 Å². The van der Waals surface area contributed by atoms with Crippen molar-refractivity contribution >= 4 is 17.9 Å². The first-order valence-electron chi connectivity index (χ1n) is 6.52. The van der Waals surface area contributed by atoms with Gasteiger partial charge in [0.15, 0.2) is 0 Å². The van der Waals surface area contributed by atoms with E-state index in [1.165, 1.54) is 12.3 Å². The molecule has 0 aliphatic heterocycles. The number of carbonyl (C=O) groups excluding carboxylic acids is 2. The number of benzene rings is 1. The Kier molecular flexibility index (Phi) is 5.25. The molecule has 0 unspecified atom stereocenters. The summed E-state index contributed by atoms with van der Waals surface area (Å²) in [6.07, 6.45) is 4.45. The van der Waals surface area contributed by atoms with Gasteiger partial charge in [-0.2, -0.15) is 0 Å². The zero-order chi connectivity index (χ0) is 15.8. The van der Waals surface area contributed by atoms with Crippen LogP contribution in [0, 0.1) is 0 Å². The van der Waals surface area contributed by atoms with Gasteiger partial charge in [-0.3, -0.25) is 25.4 Å². The minimum atomic E-state index is -0.480. The molecular weight excluding hydrogens is 282 g/mol. The molecule has 0 aliphatic rings. The van der Waals surface area contributed by atoms with Crippen molar-refractivity contribution in [2.24, 2.45) is 0 Å². The number of aromatic nitrogens is 1. The van der Waals surface area contributed by atoms with Crippen LogP contribution in [-0.4, -0.2) is 23.9 Å². The Morgan fingerprint density at radius 3 is 2.50 bits per heavy atom. The number of hydrogen-bond acceptors (Lipinski definition) is 4. The van der Waals surface area contributed by atoms with Crippen LogP contribution < -0.4 is 15.6 Å². The first kappa shape index (κ1) is 15.2. The van der Waals surface area contributed by atoms with E-state index in [1.807, 2.05) is 12.1 Å². The van der Waals surface area contributed by atoms with Crippen molar-refractivity contribution in [3.63, 3.8) is 0 Å². The number of nitrogens with one attached hydrogen (secondary N) is 2. The molecule has 22 heavy (non-hydrogen) atoms. The normalized spacial score (nSPS) is 10.2. The highest BCUT2D eigenvalue weighted by molar-refractivity contribution is 5.96. The Hall–Kier alpha value is -3.15. The van der Waals surface area contributed by atoms with Gasteiger partial charge >= 0.3 is 0 Å². The molecule has 1 aromatic heterocycles. The van der Waals surface area contributed by atoms with Gasteiger partial charge in [0, 0.05) is 12.3 Å². The van der Waals surface area contributed by atoms with Crippen molar-refractivity contribution in [1.29, 1.82) is 0 Å². The minimum absolute atomic E-state index is 0.224. The molecule has 2 amide bonds. The lowest BCUT2D eigenvalue weighted by molar-refractivity contribution is -0.117. The van der Waals surface area contributed by atoms with E-state index < -0.39 is 11.8 Å². The molecule has 2 aromatic rings. The third-order valence-corrected chi connectivity index (χ3v) is 2.74. The molecule has 1 heterocycles. The van der Waals surface area contributed by atoms with Gasteiger partial charge in [-0.05, 0) is 35.9 Å². The smallest absolute Gasteiger partial charge is 0.288 e. The van der Waals surface area contributed by atoms with E-state index in [2.05, 4.69) is 15.8 Å². The number of carbonyl (C=O) groups is 2. The Morgan fingerprint density at radius 1 is 1.09 bits per heavy atom. The van der Waals surface area contributed by atoms with E-state index >= 15 is 0 Å². The molecule has 6 nitrogen and oxygen atoms in total. The molecule has 112 valence electrons. The number of hydrazine groups is 1. The van der Waals surface area contributed by atoms with Gasteiger partial charge in [-0.25, -0.2) is 0 Å². The van der Waals surface area contributed by atoms with Gasteiger partial charge in [-0.1, -0.05) is 18.2 Å². The predicted octanol–water partition coefficient (Wildman–Crippen LogP) is 1.56. The second kappa shape index (κ2) is 7.58. The van der Waals surface area contributed by atoms with Crippen molar-refractivity contribution in [2.75, 3.05) is 7.11 Å². The zero-order valence-corrected chi connectivity index (χ0v) is 11.9. The number of ether oxygens (including phenoxy) is 1. The van der Waals surface area contributed by atoms with Gasteiger partial charge in [0.25, 0.3) is 11.8 Å². The lowest BCUT2D eigenvalue weighted by Crippen LogP contribution is -2.41. The Morgan fingerprint density at radius 2 is 1.86 bits per heavy atom. The molecule has 0 fully saturated rings. The number of nitrogens with zero attached hydrogens (tertiary/aromatic N) is 1. The first-order chi connectivity index (χ1) is 10.7. The van der Waals surface area contributed by atoms with Crippen LogP contribution in [0.3, 0.4) is 0 Å². The van der Waals surface area contributed by atoms with Crippen molar-refractivity contribution in [2.45, 2.75) is 0 Å². The highest BCUT2D eigenvalue weighted by Gasteiger charge is 2.05. The van der Waals surface area contributed by atoms with Gasteiger partial charge in [0.2, 0.25) is 0 Å². The molecule has 0 aliphatic carbocycles. The minimum Gasteiger partial charge on any atom is -0.497 e. The maximum atomic E-state index is 11.7. The van der Waals surface area contributed by atoms with Crippen LogP contribution >= 0.6 is 0 Å². The van der Waals surface area contributed by atoms with Crippen molar-refractivity contribution < 1.29 is 14.3 Å². The zero-order valence-electron chi connectivity index (χ0n) is 11.9. The number of methoxy groups -OCH3 is 1. The van der Waals surface area contributed by atoms with E-state index in [0.717, 1.165) is 11.3 Å². The maximum Gasteiger partial charge on any atom is 0.288 e. The summed E-state index contributed by atoms with van der Waals surface area (Å²) in [6.45, 7) is 0. The predicted molar refractivity (Wildman–Crippen MR) is 81.9 cm³/mol. The Balaban J connectivity index is 1.84. The van der Waals surface area contributed by atoms with Gasteiger partial charge in [0.05, 0.1) is 7.11 Å². The van der Waals surface area contributed by atoms with E-state index in [-0.39, 0.29) is 5.69 Å². The molecule has 0 radical (unpaired) electrons. The maximum absolute atomic E-state index is 11.7. The van der Waals surface area contributed by atoms with Crippen molar-refractivity contribution in [3.05, 3.63) is 66.0 Å². The molecule has 0 spiro atoms. The van der Waals surface area contributed by atoms with Gasteiger partial charge < -0.3 is 4.74 Å². The Labute approximate surface area is 127 Å². The molecule has 0 saturated heterocycles. The summed E-state index contributed by atoms with van der Waals surface area (Å²) in [7, 11) is 1.59. The fourth-order valence-electron chi connectivity index (χ4n) is 1.61. The molecule has 0 bridgehead atoms. The summed E-state index contributed by atoms with van der Waals surface area (Å²) in [5.41, 5.74) is 5.63. The summed E-state index contributed by atoms with van der Waals surface area (Å²) in [6, 6.07) is 12.2. The number of pyridine rings is 1. The van der Waals surface area contributed by atoms with Crippen molar-refractivity contribution in [3.8, 4) is 5.75 Å². The standard InChI is InChI=1S/C16H15N3O3/c1-22-13-8-5-12(6-9-13)7-10-15(20)18-19-16(21)14-4-2-3-11-17-14/h2-11H,1H3,(H,18,20)(H,19,21)/b10-7+. The summed E-state index contributed by atoms with van der Waals surface area (Å²) in [5, 5.41) is 0. The molecule has 0 atom stereocenters. The molecule has 6 heteroatoms. The van der Waals surface area contributed by atoms with Crippen LogP contribution in [0.5, 0.6) is 5.75 Å².